The van der Waals surface area contributed by atoms with E-state index in [0.717, 1.165) is 0 Å². The average molecular weight is 302 g/mol. The summed E-state index contributed by atoms with van der Waals surface area (Å²) in [6.07, 6.45) is 0. The molecular formula is C13H18O6S. The van der Waals surface area contributed by atoms with Crippen LogP contribution in [0.15, 0.2) is 12.1 Å². The minimum atomic E-state index is -2.58. The van der Waals surface area contributed by atoms with Crippen molar-refractivity contribution in [2.24, 2.45) is 0 Å². The van der Waals surface area contributed by atoms with Gasteiger partial charge in [0.1, 0.15) is 23.1 Å². The lowest BCUT2D eigenvalue weighted by atomic mass is 10.0. The van der Waals surface area contributed by atoms with Crippen LogP contribution in [0.4, 0.5) is 0 Å². The van der Waals surface area contributed by atoms with Gasteiger partial charge in [0.05, 0.1) is 25.0 Å². The van der Waals surface area contributed by atoms with Gasteiger partial charge in [0.15, 0.2) is 0 Å². The number of hydrogen-bond donors (Lipinski definition) is 1. The molecule has 0 saturated heterocycles. The fourth-order valence-corrected chi connectivity index (χ4v) is 2.30. The first-order valence-corrected chi connectivity index (χ1v) is 7.31. The van der Waals surface area contributed by atoms with E-state index in [9.17, 15) is 13.2 Å². The van der Waals surface area contributed by atoms with E-state index in [1.165, 1.54) is 14.2 Å². The quantitative estimate of drug-likeness (QED) is 0.458. The Kier molecular flexibility index (Phi) is 6.47. The molecule has 0 unspecified atom stereocenters. The maximum absolute atomic E-state index is 11.6. The zero-order valence-electron chi connectivity index (χ0n) is 11.7. The maximum Gasteiger partial charge on any atom is 0.338 e. The summed E-state index contributed by atoms with van der Waals surface area (Å²) >= 11 is 0. The van der Waals surface area contributed by atoms with Crippen LogP contribution in [0, 0.1) is 6.92 Å². The Labute approximate surface area is 119 Å². The summed E-state index contributed by atoms with van der Waals surface area (Å²) in [4.78, 5) is 11.6. The van der Waals surface area contributed by atoms with Gasteiger partial charge in [0.25, 0.3) is 0 Å². The van der Waals surface area contributed by atoms with Crippen molar-refractivity contribution in [3.8, 4) is 5.75 Å². The van der Waals surface area contributed by atoms with E-state index in [2.05, 4.69) is 4.74 Å². The second-order valence-electron chi connectivity index (χ2n) is 4.05. The Bertz CT molecular complexity index is 542. The molecule has 0 radical (unpaired) electrons. The van der Waals surface area contributed by atoms with Crippen LogP contribution in [0.25, 0.3) is 0 Å². The first-order chi connectivity index (χ1) is 9.51. The third-order valence-electron chi connectivity index (χ3n) is 2.73. The molecule has 0 saturated carbocycles. The van der Waals surface area contributed by atoms with Gasteiger partial charge in [0.2, 0.25) is 0 Å². The van der Waals surface area contributed by atoms with Gasteiger partial charge in [0, 0.05) is 18.2 Å². The maximum atomic E-state index is 11.6. The Balaban J connectivity index is 3.18. The Morgan fingerprint density at radius 1 is 1.20 bits per heavy atom. The zero-order valence-corrected chi connectivity index (χ0v) is 12.6. The number of ether oxygens (including phenoxy) is 3. The summed E-state index contributed by atoms with van der Waals surface area (Å²) in [6, 6.07) is 3.10. The second kappa shape index (κ2) is 7.86. The van der Waals surface area contributed by atoms with Crippen LogP contribution in [0.5, 0.6) is 5.75 Å². The number of carbonyl (C=O) groups excluding carboxylic acids is 1. The van der Waals surface area contributed by atoms with Crippen molar-refractivity contribution in [2.75, 3.05) is 27.4 Å². The number of carbonyl (C=O) groups is 1. The van der Waals surface area contributed by atoms with Crippen molar-refractivity contribution < 1.29 is 27.4 Å². The van der Waals surface area contributed by atoms with Crippen LogP contribution in [-0.2, 0) is 25.9 Å². The molecule has 20 heavy (non-hydrogen) atoms. The molecule has 0 fully saturated rings. The van der Waals surface area contributed by atoms with Gasteiger partial charge >= 0.3 is 5.97 Å². The summed E-state index contributed by atoms with van der Waals surface area (Å²) < 4.78 is 36.9. The Morgan fingerprint density at radius 2 is 1.90 bits per heavy atom. The summed E-state index contributed by atoms with van der Waals surface area (Å²) in [5, 5.41) is 0. The fraction of sp³-hybridized carbons (Fsp3) is 0.462. The predicted octanol–water partition coefficient (Wildman–Crippen LogP) is 0.918. The van der Waals surface area contributed by atoms with Gasteiger partial charge in [-0.25, -0.2) is 13.2 Å². The molecule has 1 aromatic carbocycles. The number of rotatable bonds is 7. The van der Waals surface area contributed by atoms with Gasteiger partial charge in [-0.1, -0.05) is 6.07 Å². The molecule has 6 nitrogen and oxygen atoms in total. The molecule has 0 N–H and O–H groups in total. The largest absolute Gasteiger partial charge is 0.491 e. The first-order valence-electron chi connectivity index (χ1n) is 5.95. The van der Waals surface area contributed by atoms with E-state index < -0.39 is 16.7 Å². The topological polar surface area (TPSA) is 78.9 Å². The molecule has 112 valence electrons. The third-order valence-corrected chi connectivity index (χ3v) is 3.32. The standard InChI is InChI=1S/C13H18O6S/c1-9-11(13(14)18-3)5-4-10(8-20(15)16)12(9)19-7-6-17-2/h4-5,20H,6-8H2,1-3H3. The number of hydrogen-bond acceptors (Lipinski definition) is 6. The molecule has 1 aromatic rings. The Hall–Kier alpha value is -1.60. The highest BCUT2D eigenvalue weighted by molar-refractivity contribution is 7.71. The van der Waals surface area contributed by atoms with Crippen molar-refractivity contribution in [3.05, 3.63) is 28.8 Å². The highest BCUT2D eigenvalue weighted by Gasteiger charge is 2.17. The first kappa shape index (κ1) is 16.5. The molecule has 0 atom stereocenters. The number of thiol groups is 1. The lowest BCUT2D eigenvalue weighted by Crippen LogP contribution is -2.11. The van der Waals surface area contributed by atoms with Crippen LogP contribution < -0.4 is 4.74 Å². The van der Waals surface area contributed by atoms with Crippen molar-refractivity contribution in [3.63, 3.8) is 0 Å². The van der Waals surface area contributed by atoms with Crippen LogP contribution in [0.3, 0.4) is 0 Å². The molecule has 0 spiro atoms. The summed E-state index contributed by atoms with van der Waals surface area (Å²) in [7, 11) is 0.246. The number of methoxy groups -OCH3 is 2. The lowest BCUT2D eigenvalue weighted by molar-refractivity contribution is 0.0599. The Morgan fingerprint density at radius 3 is 2.45 bits per heavy atom. The molecule has 0 bridgehead atoms. The van der Waals surface area contributed by atoms with Crippen molar-refractivity contribution in [1.29, 1.82) is 0 Å². The van der Waals surface area contributed by atoms with E-state index in [0.29, 0.717) is 29.0 Å². The van der Waals surface area contributed by atoms with E-state index in [1.807, 2.05) is 0 Å². The van der Waals surface area contributed by atoms with Gasteiger partial charge in [-0.2, -0.15) is 0 Å². The third kappa shape index (κ3) is 4.21. The zero-order chi connectivity index (χ0) is 15.1. The smallest absolute Gasteiger partial charge is 0.338 e. The molecular weight excluding hydrogens is 284 g/mol. The molecule has 0 aliphatic rings. The molecule has 0 aromatic heterocycles. The molecule has 7 heteroatoms. The van der Waals surface area contributed by atoms with Crippen molar-refractivity contribution >= 4 is 16.7 Å². The van der Waals surface area contributed by atoms with Crippen LogP contribution >= 0.6 is 0 Å². The highest BCUT2D eigenvalue weighted by Crippen LogP contribution is 2.28. The molecule has 1 rings (SSSR count). The van der Waals surface area contributed by atoms with Crippen LogP contribution in [0.1, 0.15) is 21.5 Å². The summed E-state index contributed by atoms with van der Waals surface area (Å²) in [5.41, 5.74) is 1.43. The second-order valence-corrected chi connectivity index (χ2v) is 5.03. The van der Waals surface area contributed by atoms with E-state index in [1.54, 1.807) is 19.1 Å². The molecule has 0 amide bonds. The van der Waals surface area contributed by atoms with E-state index in [-0.39, 0.29) is 12.4 Å². The number of esters is 1. The van der Waals surface area contributed by atoms with Crippen LogP contribution in [0.2, 0.25) is 0 Å². The minimum absolute atomic E-state index is 0.139. The minimum Gasteiger partial charge on any atom is -0.491 e. The monoisotopic (exact) mass is 302 g/mol. The van der Waals surface area contributed by atoms with Crippen LogP contribution in [-0.4, -0.2) is 41.8 Å². The molecule has 0 aliphatic heterocycles. The number of benzene rings is 1. The van der Waals surface area contributed by atoms with E-state index >= 15 is 0 Å². The lowest BCUT2D eigenvalue weighted by Gasteiger charge is -2.15. The van der Waals surface area contributed by atoms with E-state index in [4.69, 9.17) is 9.47 Å². The predicted molar refractivity (Wildman–Crippen MR) is 73.9 cm³/mol. The highest BCUT2D eigenvalue weighted by atomic mass is 32.2. The van der Waals surface area contributed by atoms with Gasteiger partial charge in [-0.15, -0.1) is 0 Å². The van der Waals surface area contributed by atoms with Gasteiger partial charge in [-0.3, -0.25) is 0 Å². The van der Waals surface area contributed by atoms with Gasteiger partial charge in [-0.05, 0) is 13.0 Å². The average Bonchev–Trinajstić information content (AvgIpc) is 2.41. The van der Waals surface area contributed by atoms with Crippen molar-refractivity contribution in [2.45, 2.75) is 12.7 Å². The van der Waals surface area contributed by atoms with Gasteiger partial charge < -0.3 is 14.2 Å². The summed E-state index contributed by atoms with van der Waals surface area (Å²) in [6.45, 7) is 2.32. The molecule has 0 heterocycles. The van der Waals surface area contributed by atoms with Crippen molar-refractivity contribution in [1.82, 2.24) is 0 Å². The fourth-order valence-electron chi connectivity index (χ4n) is 1.77. The summed E-state index contributed by atoms with van der Waals surface area (Å²) in [5.74, 6) is -0.235. The molecule has 0 aliphatic carbocycles. The normalized spacial score (nSPS) is 10.6. The SMILES string of the molecule is COCCOc1c(C[SH](=O)=O)ccc(C(=O)OC)c1C.